The fourth-order valence-corrected chi connectivity index (χ4v) is 2.65. The summed E-state index contributed by atoms with van der Waals surface area (Å²) in [6, 6.07) is 0. The largest absolute Gasteiger partial charge is 0.225 e. The maximum absolute atomic E-state index is 4.28. The number of rotatable bonds is 1. The standard InChI is InChI=1S/C10H9N5S/c1-6-7(2)16-10-8(6)9(12-4-13-10)15-5-11-3-14-15/h3-5H,1-2H3. The molecule has 0 fully saturated rings. The van der Waals surface area contributed by atoms with E-state index in [4.69, 9.17) is 0 Å². The Kier molecular flexibility index (Phi) is 1.97. The second-order valence-corrected chi connectivity index (χ2v) is 4.70. The highest BCUT2D eigenvalue weighted by Gasteiger charge is 2.13. The van der Waals surface area contributed by atoms with Gasteiger partial charge in [-0.1, -0.05) is 0 Å². The fraction of sp³-hybridized carbons (Fsp3) is 0.200. The van der Waals surface area contributed by atoms with E-state index in [1.54, 1.807) is 28.7 Å². The minimum absolute atomic E-state index is 0.796. The van der Waals surface area contributed by atoms with Crippen molar-refractivity contribution in [2.24, 2.45) is 0 Å². The summed E-state index contributed by atoms with van der Waals surface area (Å²) in [5.41, 5.74) is 1.21. The quantitative estimate of drug-likeness (QED) is 0.641. The van der Waals surface area contributed by atoms with Crippen LogP contribution in [0.4, 0.5) is 0 Å². The van der Waals surface area contributed by atoms with Crippen molar-refractivity contribution in [1.29, 1.82) is 0 Å². The summed E-state index contributed by atoms with van der Waals surface area (Å²) >= 11 is 1.68. The van der Waals surface area contributed by atoms with Crippen LogP contribution in [0.1, 0.15) is 10.4 Å². The van der Waals surface area contributed by atoms with Gasteiger partial charge in [0.05, 0.1) is 5.39 Å². The van der Waals surface area contributed by atoms with E-state index in [1.165, 1.54) is 16.8 Å². The summed E-state index contributed by atoms with van der Waals surface area (Å²) in [4.78, 5) is 14.8. The molecule has 0 saturated carbocycles. The van der Waals surface area contributed by atoms with Crippen molar-refractivity contribution in [2.45, 2.75) is 13.8 Å². The molecule has 0 atom stereocenters. The van der Waals surface area contributed by atoms with Gasteiger partial charge >= 0.3 is 0 Å². The third-order valence-corrected chi connectivity index (χ3v) is 3.70. The minimum atomic E-state index is 0.796. The second kappa shape index (κ2) is 3.34. The molecule has 0 radical (unpaired) electrons. The van der Waals surface area contributed by atoms with Crippen LogP contribution in [0.5, 0.6) is 0 Å². The van der Waals surface area contributed by atoms with Crippen LogP contribution < -0.4 is 0 Å². The van der Waals surface area contributed by atoms with Crippen LogP contribution in [0.25, 0.3) is 16.0 Å². The first-order chi connectivity index (χ1) is 7.77. The number of aryl methyl sites for hydroxylation is 2. The molecule has 0 aromatic carbocycles. The Bertz CT molecular complexity index is 641. The molecular formula is C10H9N5S. The van der Waals surface area contributed by atoms with E-state index in [9.17, 15) is 0 Å². The molecule has 0 aliphatic heterocycles. The molecule has 0 aliphatic carbocycles. The van der Waals surface area contributed by atoms with Gasteiger partial charge in [0.2, 0.25) is 0 Å². The van der Waals surface area contributed by atoms with Gasteiger partial charge in [0.1, 0.15) is 23.8 Å². The number of aromatic nitrogens is 5. The fourth-order valence-electron chi connectivity index (χ4n) is 1.66. The Labute approximate surface area is 95.8 Å². The first kappa shape index (κ1) is 9.41. The summed E-state index contributed by atoms with van der Waals surface area (Å²) in [7, 11) is 0. The topological polar surface area (TPSA) is 56.5 Å². The minimum Gasteiger partial charge on any atom is -0.225 e. The predicted octanol–water partition coefficient (Wildman–Crippen LogP) is 1.89. The number of nitrogens with zero attached hydrogens (tertiary/aromatic N) is 5. The lowest BCUT2D eigenvalue weighted by Gasteiger charge is -2.01. The van der Waals surface area contributed by atoms with Crippen LogP contribution in [0, 0.1) is 13.8 Å². The highest BCUT2D eigenvalue weighted by molar-refractivity contribution is 7.18. The maximum Gasteiger partial charge on any atom is 0.167 e. The summed E-state index contributed by atoms with van der Waals surface area (Å²) < 4.78 is 1.67. The molecule has 6 heteroatoms. The number of fused-ring (bicyclic) bond motifs is 1. The summed E-state index contributed by atoms with van der Waals surface area (Å²) in [6.07, 6.45) is 4.71. The van der Waals surface area contributed by atoms with Crippen LogP contribution in [0.2, 0.25) is 0 Å². The van der Waals surface area contributed by atoms with Gasteiger partial charge in [0.25, 0.3) is 0 Å². The number of hydrogen-bond acceptors (Lipinski definition) is 5. The molecule has 3 aromatic heterocycles. The summed E-state index contributed by atoms with van der Waals surface area (Å²) in [5, 5.41) is 5.17. The van der Waals surface area contributed by atoms with E-state index >= 15 is 0 Å². The summed E-state index contributed by atoms with van der Waals surface area (Å²) in [6.45, 7) is 4.17. The number of hydrogen-bond donors (Lipinski definition) is 0. The SMILES string of the molecule is Cc1sc2ncnc(-n3cncn3)c2c1C. The van der Waals surface area contributed by atoms with Crippen LogP contribution in [0.3, 0.4) is 0 Å². The third-order valence-electron chi connectivity index (χ3n) is 2.58. The van der Waals surface area contributed by atoms with Gasteiger partial charge in [0.15, 0.2) is 5.82 Å². The lowest BCUT2D eigenvalue weighted by Crippen LogP contribution is -1.99. The van der Waals surface area contributed by atoms with Crippen molar-refractivity contribution in [1.82, 2.24) is 24.7 Å². The normalized spacial score (nSPS) is 11.1. The zero-order valence-corrected chi connectivity index (χ0v) is 9.69. The van der Waals surface area contributed by atoms with Crippen LogP contribution in [0.15, 0.2) is 19.0 Å². The molecule has 0 N–H and O–H groups in total. The molecule has 0 bridgehead atoms. The molecular weight excluding hydrogens is 222 g/mol. The molecule has 0 aliphatic rings. The smallest absolute Gasteiger partial charge is 0.167 e. The van der Waals surface area contributed by atoms with E-state index in [0.29, 0.717) is 0 Å². The molecule has 0 spiro atoms. The van der Waals surface area contributed by atoms with Gasteiger partial charge < -0.3 is 0 Å². The third kappa shape index (κ3) is 1.23. The zero-order valence-electron chi connectivity index (χ0n) is 8.88. The highest BCUT2D eigenvalue weighted by atomic mass is 32.1. The van der Waals surface area contributed by atoms with Gasteiger partial charge in [-0.3, -0.25) is 0 Å². The lowest BCUT2D eigenvalue weighted by atomic mass is 10.2. The van der Waals surface area contributed by atoms with Gasteiger partial charge in [-0.2, -0.15) is 5.10 Å². The average molecular weight is 231 g/mol. The Morgan fingerprint density at radius 3 is 2.81 bits per heavy atom. The van der Waals surface area contributed by atoms with Gasteiger partial charge in [-0.05, 0) is 19.4 Å². The average Bonchev–Trinajstić information content (AvgIpc) is 2.88. The molecule has 5 nitrogen and oxygen atoms in total. The van der Waals surface area contributed by atoms with Crippen molar-refractivity contribution in [3.05, 3.63) is 29.4 Å². The van der Waals surface area contributed by atoms with E-state index < -0.39 is 0 Å². The van der Waals surface area contributed by atoms with Crippen LogP contribution >= 0.6 is 11.3 Å². The molecule has 0 unspecified atom stereocenters. The van der Waals surface area contributed by atoms with Gasteiger partial charge in [-0.25, -0.2) is 19.6 Å². The lowest BCUT2D eigenvalue weighted by molar-refractivity contribution is 0.849. The van der Waals surface area contributed by atoms with Crippen LogP contribution in [-0.2, 0) is 0 Å². The van der Waals surface area contributed by atoms with Gasteiger partial charge in [0, 0.05) is 4.88 Å². The van der Waals surface area contributed by atoms with E-state index in [0.717, 1.165) is 16.0 Å². The Balaban J connectivity index is 2.41. The van der Waals surface area contributed by atoms with E-state index in [1.807, 2.05) is 0 Å². The molecule has 3 rings (SSSR count). The Morgan fingerprint density at radius 1 is 1.19 bits per heavy atom. The van der Waals surface area contributed by atoms with Crippen molar-refractivity contribution in [3.63, 3.8) is 0 Å². The number of thiophene rings is 1. The molecule has 0 amide bonds. The monoisotopic (exact) mass is 231 g/mol. The van der Waals surface area contributed by atoms with Crippen LogP contribution in [-0.4, -0.2) is 24.7 Å². The summed E-state index contributed by atoms with van der Waals surface area (Å²) in [5.74, 6) is 0.796. The molecule has 3 aromatic rings. The molecule has 16 heavy (non-hydrogen) atoms. The molecule has 0 saturated heterocycles. The molecule has 3 heterocycles. The first-order valence-electron chi connectivity index (χ1n) is 4.83. The predicted molar refractivity (Wildman–Crippen MR) is 61.8 cm³/mol. The second-order valence-electron chi connectivity index (χ2n) is 3.50. The highest BCUT2D eigenvalue weighted by Crippen LogP contribution is 2.31. The molecule has 80 valence electrons. The van der Waals surface area contributed by atoms with Crippen molar-refractivity contribution in [3.8, 4) is 5.82 Å². The van der Waals surface area contributed by atoms with Crippen molar-refractivity contribution < 1.29 is 0 Å². The Hall–Kier alpha value is -1.82. The van der Waals surface area contributed by atoms with Crippen molar-refractivity contribution in [2.75, 3.05) is 0 Å². The van der Waals surface area contributed by atoms with Crippen molar-refractivity contribution >= 4 is 21.6 Å². The maximum atomic E-state index is 4.28. The first-order valence-corrected chi connectivity index (χ1v) is 5.64. The zero-order chi connectivity index (χ0) is 11.1. The van der Waals surface area contributed by atoms with E-state index in [-0.39, 0.29) is 0 Å². The van der Waals surface area contributed by atoms with E-state index in [2.05, 4.69) is 33.9 Å². The Morgan fingerprint density at radius 2 is 2.06 bits per heavy atom. The van der Waals surface area contributed by atoms with Gasteiger partial charge in [-0.15, -0.1) is 11.3 Å².